The summed E-state index contributed by atoms with van der Waals surface area (Å²) in [5.74, 6) is -3.30. The van der Waals surface area contributed by atoms with Crippen LogP contribution in [0.2, 0.25) is 0 Å². The average molecular weight is 238 g/mol. The molecule has 0 unspecified atom stereocenters. The van der Waals surface area contributed by atoms with Crippen molar-refractivity contribution in [2.24, 2.45) is 0 Å². The van der Waals surface area contributed by atoms with Gasteiger partial charge in [0.15, 0.2) is 11.6 Å². The van der Waals surface area contributed by atoms with Gasteiger partial charge in [-0.2, -0.15) is 0 Å². The van der Waals surface area contributed by atoms with Crippen LogP contribution in [0.15, 0.2) is 30.3 Å². The normalized spacial score (nSPS) is 10.5. The maximum atomic E-state index is 13.5. The number of nitrogen functional groups attached to an aromatic ring is 2. The molecule has 0 heterocycles. The summed E-state index contributed by atoms with van der Waals surface area (Å²) in [6.45, 7) is 0. The molecule has 17 heavy (non-hydrogen) atoms. The Kier molecular flexibility index (Phi) is 2.67. The molecule has 2 rings (SSSR count). The van der Waals surface area contributed by atoms with Gasteiger partial charge in [-0.1, -0.05) is 12.1 Å². The molecular weight excluding hydrogens is 229 g/mol. The Morgan fingerprint density at radius 3 is 2.18 bits per heavy atom. The second-order valence-corrected chi connectivity index (χ2v) is 3.53. The quantitative estimate of drug-likeness (QED) is 0.592. The van der Waals surface area contributed by atoms with Gasteiger partial charge in [-0.25, -0.2) is 13.2 Å². The highest BCUT2D eigenvalue weighted by atomic mass is 19.2. The minimum absolute atomic E-state index is 0.0240. The summed E-state index contributed by atoms with van der Waals surface area (Å²) in [6, 6.07) is 5.93. The fourth-order valence-corrected chi connectivity index (χ4v) is 1.58. The maximum absolute atomic E-state index is 13.5. The summed E-state index contributed by atoms with van der Waals surface area (Å²) >= 11 is 0. The van der Waals surface area contributed by atoms with Crippen LogP contribution < -0.4 is 11.5 Å². The van der Waals surface area contributed by atoms with Crippen LogP contribution in [0.25, 0.3) is 11.1 Å². The molecule has 2 aromatic rings. The zero-order chi connectivity index (χ0) is 12.6. The lowest BCUT2D eigenvalue weighted by atomic mass is 10.0. The minimum atomic E-state index is -1.28. The van der Waals surface area contributed by atoms with Crippen molar-refractivity contribution in [3.05, 3.63) is 47.8 Å². The lowest BCUT2D eigenvalue weighted by Gasteiger charge is -2.10. The number of hydrogen-bond acceptors (Lipinski definition) is 2. The fraction of sp³-hybridized carbons (Fsp3) is 0. The fourth-order valence-electron chi connectivity index (χ4n) is 1.58. The van der Waals surface area contributed by atoms with Crippen LogP contribution in [0.4, 0.5) is 24.5 Å². The molecule has 0 amide bonds. The van der Waals surface area contributed by atoms with Crippen molar-refractivity contribution in [1.29, 1.82) is 0 Å². The number of benzene rings is 2. The van der Waals surface area contributed by atoms with Gasteiger partial charge in [0.2, 0.25) is 0 Å². The molecule has 0 aromatic heterocycles. The molecule has 0 aliphatic heterocycles. The Hall–Kier alpha value is -2.17. The summed E-state index contributed by atoms with van der Waals surface area (Å²) in [5.41, 5.74) is 10.9. The predicted octanol–water partition coefficient (Wildman–Crippen LogP) is 2.94. The molecule has 2 aromatic carbocycles. The van der Waals surface area contributed by atoms with E-state index >= 15 is 0 Å². The van der Waals surface area contributed by atoms with E-state index in [1.807, 2.05) is 0 Å². The number of hydrogen-bond donors (Lipinski definition) is 2. The van der Waals surface area contributed by atoms with E-state index in [1.54, 1.807) is 0 Å². The molecule has 4 N–H and O–H groups in total. The van der Waals surface area contributed by atoms with Crippen molar-refractivity contribution in [2.75, 3.05) is 11.5 Å². The van der Waals surface area contributed by atoms with Crippen LogP contribution in [-0.2, 0) is 0 Å². The molecule has 5 heteroatoms. The van der Waals surface area contributed by atoms with Crippen LogP contribution in [0.1, 0.15) is 0 Å². The Morgan fingerprint density at radius 2 is 1.47 bits per heavy atom. The third kappa shape index (κ3) is 1.80. The van der Waals surface area contributed by atoms with Gasteiger partial charge in [0, 0.05) is 5.56 Å². The van der Waals surface area contributed by atoms with E-state index in [1.165, 1.54) is 18.2 Å². The molecule has 0 bridgehead atoms. The van der Waals surface area contributed by atoms with Crippen molar-refractivity contribution in [2.45, 2.75) is 0 Å². The van der Waals surface area contributed by atoms with Gasteiger partial charge in [-0.3, -0.25) is 0 Å². The zero-order valence-corrected chi connectivity index (χ0v) is 8.68. The SMILES string of the molecule is Nc1cccc(-c2c(F)ccc(F)c2F)c1N. The highest BCUT2D eigenvalue weighted by molar-refractivity contribution is 5.84. The highest BCUT2D eigenvalue weighted by Gasteiger charge is 2.18. The molecule has 88 valence electrons. The van der Waals surface area contributed by atoms with Crippen molar-refractivity contribution in [1.82, 2.24) is 0 Å². The molecule has 2 nitrogen and oxygen atoms in total. The van der Waals surface area contributed by atoms with Crippen LogP contribution >= 0.6 is 0 Å². The van der Waals surface area contributed by atoms with E-state index in [0.717, 1.165) is 12.1 Å². The van der Waals surface area contributed by atoms with Gasteiger partial charge in [0.25, 0.3) is 0 Å². The topological polar surface area (TPSA) is 52.0 Å². The van der Waals surface area contributed by atoms with Crippen LogP contribution in [0, 0.1) is 17.5 Å². The Morgan fingerprint density at radius 1 is 0.824 bits per heavy atom. The van der Waals surface area contributed by atoms with Gasteiger partial charge >= 0.3 is 0 Å². The molecule has 0 aliphatic carbocycles. The van der Waals surface area contributed by atoms with Crippen LogP contribution in [-0.4, -0.2) is 0 Å². The highest BCUT2D eigenvalue weighted by Crippen LogP contribution is 2.34. The maximum Gasteiger partial charge on any atom is 0.169 e. The molecule has 0 fully saturated rings. The first kappa shape index (κ1) is 11.3. The van der Waals surface area contributed by atoms with E-state index < -0.39 is 23.0 Å². The number of halogens is 3. The standard InChI is InChI=1S/C12H9F3N2/c13-7-4-5-8(14)11(15)10(7)6-2-1-3-9(16)12(6)17/h1-5H,16-17H2. The van der Waals surface area contributed by atoms with Crippen molar-refractivity contribution in [3.63, 3.8) is 0 Å². The van der Waals surface area contributed by atoms with E-state index in [0.29, 0.717) is 0 Å². The van der Waals surface area contributed by atoms with Gasteiger partial charge < -0.3 is 11.5 Å². The third-order valence-corrected chi connectivity index (χ3v) is 2.45. The Bertz CT molecular complexity index is 582. The summed E-state index contributed by atoms with van der Waals surface area (Å²) in [4.78, 5) is 0. The van der Waals surface area contributed by atoms with Crippen molar-refractivity contribution in [3.8, 4) is 11.1 Å². The summed E-state index contributed by atoms with van der Waals surface area (Å²) in [7, 11) is 0. The smallest absolute Gasteiger partial charge is 0.169 e. The number of para-hydroxylation sites is 1. The zero-order valence-electron chi connectivity index (χ0n) is 8.68. The molecule has 0 saturated heterocycles. The lowest BCUT2D eigenvalue weighted by molar-refractivity contribution is 0.499. The number of nitrogens with two attached hydrogens (primary N) is 2. The van der Waals surface area contributed by atoms with E-state index in [-0.39, 0.29) is 16.9 Å². The number of rotatable bonds is 1. The summed E-state index contributed by atoms with van der Waals surface area (Å²) in [6.07, 6.45) is 0. The first-order valence-corrected chi connectivity index (χ1v) is 4.80. The first-order chi connectivity index (χ1) is 8.02. The first-order valence-electron chi connectivity index (χ1n) is 4.80. The molecule has 0 atom stereocenters. The second kappa shape index (κ2) is 4.01. The van der Waals surface area contributed by atoms with Crippen LogP contribution in [0.3, 0.4) is 0 Å². The average Bonchev–Trinajstić information content (AvgIpc) is 2.30. The minimum Gasteiger partial charge on any atom is -0.397 e. The molecule has 0 aliphatic rings. The Balaban J connectivity index is 2.77. The van der Waals surface area contributed by atoms with Crippen molar-refractivity contribution < 1.29 is 13.2 Å². The number of anilines is 2. The van der Waals surface area contributed by atoms with Gasteiger partial charge in [0.1, 0.15) is 5.82 Å². The van der Waals surface area contributed by atoms with Gasteiger partial charge in [0.05, 0.1) is 16.9 Å². The molecule has 0 saturated carbocycles. The predicted molar refractivity (Wildman–Crippen MR) is 60.6 cm³/mol. The van der Waals surface area contributed by atoms with E-state index in [4.69, 9.17) is 11.5 Å². The molecule has 0 radical (unpaired) electrons. The third-order valence-electron chi connectivity index (χ3n) is 2.45. The summed E-state index contributed by atoms with van der Waals surface area (Å²) in [5, 5.41) is 0. The summed E-state index contributed by atoms with van der Waals surface area (Å²) < 4.78 is 40.1. The van der Waals surface area contributed by atoms with Crippen molar-refractivity contribution >= 4 is 11.4 Å². The van der Waals surface area contributed by atoms with Crippen LogP contribution in [0.5, 0.6) is 0 Å². The van der Waals surface area contributed by atoms with Gasteiger partial charge in [-0.15, -0.1) is 0 Å². The molecule has 0 spiro atoms. The van der Waals surface area contributed by atoms with Gasteiger partial charge in [-0.05, 0) is 18.2 Å². The lowest BCUT2D eigenvalue weighted by Crippen LogP contribution is -2.00. The van der Waals surface area contributed by atoms with E-state index in [9.17, 15) is 13.2 Å². The monoisotopic (exact) mass is 238 g/mol. The Labute approximate surface area is 95.7 Å². The molecular formula is C12H9F3N2. The largest absolute Gasteiger partial charge is 0.397 e. The van der Waals surface area contributed by atoms with E-state index in [2.05, 4.69) is 0 Å². The second-order valence-electron chi connectivity index (χ2n) is 3.53.